The van der Waals surface area contributed by atoms with E-state index in [4.69, 9.17) is 16.6 Å². The summed E-state index contributed by atoms with van der Waals surface area (Å²) in [7, 11) is 0. The summed E-state index contributed by atoms with van der Waals surface area (Å²) in [6, 6.07) is 4.26. The SMILES string of the molecule is Nc1ccc(C(=O)OCC(=O)O)c(N)c1. The molecule has 0 bridgehead atoms. The lowest BCUT2D eigenvalue weighted by atomic mass is 10.1. The van der Waals surface area contributed by atoms with Crippen molar-refractivity contribution in [3.8, 4) is 0 Å². The quantitative estimate of drug-likeness (QED) is 0.481. The molecule has 0 spiro atoms. The summed E-state index contributed by atoms with van der Waals surface area (Å²) in [4.78, 5) is 21.4. The molecule has 0 atom stereocenters. The molecule has 5 N–H and O–H groups in total. The number of anilines is 2. The lowest BCUT2D eigenvalue weighted by Gasteiger charge is -2.05. The van der Waals surface area contributed by atoms with Gasteiger partial charge in [-0.05, 0) is 18.2 Å². The van der Waals surface area contributed by atoms with Crippen LogP contribution in [0.25, 0.3) is 0 Å². The van der Waals surface area contributed by atoms with Crippen LogP contribution >= 0.6 is 0 Å². The normalized spacial score (nSPS) is 9.60. The topological polar surface area (TPSA) is 116 Å². The Morgan fingerprint density at radius 1 is 1.33 bits per heavy atom. The van der Waals surface area contributed by atoms with Crippen molar-refractivity contribution >= 4 is 23.3 Å². The molecule has 0 aliphatic carbocycles. The average molecular weight is 210 g/mol. The summed E-state index contributed by atoms with van der Waals surface area (Å²) in [5.41, 5.74) is 11.6. The van der Waals surface area contributed by atoms with Crippen LogP contribution in [0.1, 0.15) is 10.4 Å². The molecule has 1 aromatic carbocycles. The first-order valence-electron chi connectivity index (χ1n) is 4.04. The van der Waals surface area contributed by atoms with E-state index in [1.165, 1.54) is 18.2 Å². The summed E-state index contributed by atoms with van der Waals surface area (Å²) in [5, 5.41) is 8.29. The average Bonchev–Trinajstić information content (AvgIpc) is 2.14. The standard InChI is InChI=1S/C9H10N2O4/c10-5-1-2-6(7(11)3-5)9(14)15-4-8(12)13/h1-3H,4,10-11H2,(H,12,13). The number of rotatable bonds is 3. The maximum atomic E-state index is 11.3. The fourth-order valence-corrected chi connectivity index (χ4v) is 0.972. The summed E-state index contributed by atoms with van der Waals surface area (Å²) < 4.78 is 4.45. The van der Waals surface area contributed by atoms with Gasteiger partial charge in [0.25, 0.3) is 0 Å². The smallest absolute Gasteiger partial charge is 0.341 e. The van der Waals surface area contributed by atoms with Gasteiger partial charge in [-0.2, -0.15) is 0 Å². The van der Waals surface area contributed by atoms with E-state index in [9.17, 15) is 9.59 Å². The van der Waals surface area contributed by atoms with Crippen molar-refractivity contribution in [3.05, 3.63) is 23.8 Å². The van der Waals surface area contributed by atoms with Crippen molar-refractivity contribution in [3.63, 3.8) is 0 Å². The first kappa shape index (κ1) is 10.8. The van der Waals surface area contributed by atoms with E-state index >= 15 is 0 Å². The van der Waals surface area contributed by atoms with Crippen LogP contribution in [0.4, 0.5) is 11.4 Å². The Morgan fingerprint density at radius 2 is 2.00 bits per heavy atom. The molecule has 15 heavy (non-hydrogen) atoms. The van der Waals surface area contributed by atoms with Crippen molar-refractivity contribution < 1.29 is 19.4 Å². The molecule has 0 aromatic heterocycles. The minimum absolute atomic E-state index is 0.102. The van der Waals surface area contributed by atoms with Gasteiger partial charge in [0.1, 0.15) is 0 Å². The minimum atomic E-state index is -1.22. The number of carboxylic acids is 1. The highest BCUT2D eigenvalue weighted by Crippen LogP contribution is 2.16. The number of esters is 1. The molecule has 0 radical (unpaired) electrons. The third-order valence-corrected chi connectivity index (χ3v) is 1.62. The predicted octanol–water partition coefficient (Wildman–Crippen LogP) is 0.0924. The van der Waals surface area contributed by atoms with Crippen LogP contribution in [-0.4, -0.2) is 23.7 Å². The number of carboxylic acid groups (broad SMARTS) is 1. The van der Waals surface area contributed by atoms with E-state index in [0.717, 1.165) is 0 Å². The van der Waals surface area contributed by atoms with Crippen LogP contribution in [-0.2, 0) is 9.53 Å². The van der Waals surface area contributed by atoms with E-state index in [0.29, 0.717) is 5.69 Å². The molecule has 0 saturated carbocycles. The van der Waals surface area contributed by atoms with Crippen LogP contribution in [0.3, 0.4) is 0 Å². The Morgan fingerprint density at radius 3 is 2.53 bits per heavy atom. The Bertz CT molecular complexity index is 403. The van der Waals surface area contributed by atoms with Crippen molar-refractivity contribution in [2.45, 2.75) is 0 Å². The Kier molecular flexibility index (Phi) is 3.12. The zero-order valence-electron chi connectivity index (χ0n) is 7.77. The molecular weight excluding hydrogens is 200 g/mol. The maximum Gasteiger partial charge on any atom is 0.341 e. The summed E-state index contributed by atoms with van der Waals surface area (Å²) in [6.45, 7) is -0.692. The van der Waals surface area contributed by atoms with Gasteiger partial charge in [-0.3, -0.25) is 0 Å². The number of ether oxygens (including phenoxy) is 1. The summed E-state index contributed by atoms with van der Waals surface area (Å²) in [5.74, 6) is -2.01. The fraction of sp³-hybridized carbons (Fsp3) is 0.111. The molecule has 0 aliphatic heterocycles. The Hall–Kier alpha value is -2.24. The largest absolute Gasteiger partial charge is 0.479 e. The molecular formula is C9H10N2O4. The number of nitrogens with two attached hydrogens (primary N) is 2. The van der Waals surface area contributed by atoms with Crippen molar-refractivity contribution in [1.82, 2.24) is 0 Å². The van der Waals surface area contributed by atoms with E-state index in [1.54, 1.807) is 0 Å². The predicted molar refractivity (Wildman–Crippen MR) is 53.2 cm³/mol. The third-order valence-electron chi connectivity index (χ3n) is 1.62. The minimum Gasteiger partial charge on any atom is -0.479 e. The molecule has 1 rings (SSSR count). The molecule has 1 aromatic rings. The van der Waals surface area contributed by atoms with E-state index in [-0.39, 0.29) is 11.3 Å². The van der Waals surface area contributed by atoms with Crippen molar-refractivity contribution in [2.24, 2.45) is 0 Å². The van der Waals surface area contributed by atoms with Gasteiger partial charge in [-0.15, -0.1) is 0 Å². The highest BCUT2D eigenvalue weighted by molar-refractivity contribution is 5.96. The van der Waals surface area contributed by atoms with Crippen LogP contribution in [0.2, 0.25) is 0 Å². The number of aliphatic carboxylic acids is 1. The number of benzene rings is 1. The van der Waals surface area contributed by atoms with E-state index in [2.05, 4.69) is 4.74 Å². The fourth-order valence-electron chi connectivity index (χ4n) is 0.972. The van der Waals surface area contributed by atoms with Gasteiger partial charge in [-0.25, -0.2) is 9.59 Å². The maximum absolute atomic E-state index is 11.3. The Balaban J connectivity index is 2.78. The lowest BCUT2D eigenvalue weighted by Crippen LogP contribution is -2.14. The molecule has 0 amide bonds. The lowest BCUT2D eigenvalue weighted by molar-refractivity contribution is -0.140. The van der Waals surface area contributed by atoms with Crippen molar-refractivity contribution in [1.29, 1.82) is 0 Å². The van der Waals surface area contributed by atoms with Gasteiger partial charge in [-0.1, -0.05) is 0 Å². The highest BCUT2D eigenvalue weighted by atomic mass is 16.5. The van der Waals surface area contributed by atoms with Gasteiger partial charge < -0.3 is 21.3 Å². The first-order valence-corrected chi connectivity index (χ1v) is 4.04. The molecule has 0 saturated heterocycles. The van der Waals surface area contributed by atoms with Crippen LogP contribution < -0.4 is 11.5 Å². The number of hydrogen-bond donors (Lipinski definition) is 3. The summed E-state index contributed by atoms with van der Waals surface area (Å²) >= 11 is 0. The second kappa shape index (κ2) is 4.32. The Labute approximate surface area is 85.4 Å². The van der Waals surface area contributed by atoms with Crippen LogP contribution in [0, 0.1) is 0 Å². The zero-order valence-corrected chi connectivity index (χ0v) is 7.77. The first-order chi connectivity index (χ1) is 7.00. The van der Waals surface area contributed by atoms with Gasteiger partial charge >= 0.3 is 11.9 Å². The van der Waals surface area contributed by atoms with Gasteiger partial charge in [0.15, 0.2) is 6.61 Å². The molecule has 6 heteroatoms. The molecule has 0 heterocycles. The molecule has 0 fully saturated rings. The van der Waals surface area contributed by atoms with Gasteiger partial charge in [0, 0.05) is 11.4 Å². The molecule has 0 aliphatic rings. The van der Waals surface area contributed by atoms with Gasteiger partial charge in [0.2, 0.25) is 0 Å². The monoisotopic (exact) mass is 210 g/mol. The van der Waals surface area contributed by atoms with Crippen LogP contribution in [0.15, 0.2) is 18.2 Å². The third kappa shape index (κ3) is 2.87. The highest BCUT2D eigenvalue weighted by Gasteiger charge is 2.12. The second-order valence-electron chi connectivity index (χ2n) is 2.82. The van der Waals surface area contributed by atoms with Gasteiger partial charge in [0.05, 0.1) is 5.56 Å². The van der Waals surface area contributed by atoms with Crippen molar-refractivity contribution in [2.75, 3.05) is 18.1 Å². The number of nitrogen functional groups attached to an aromatic ring is 2. The second-order valence-corrected chi connectivity index (χ2v) is 2.82. The number of carbonyl (C=O) groups excluding carboxylic acids is 1. The van der Waals surface area contributed by atoms with Crippen LogP contribution in [0.5, 0.6) is 0 Å². The van der Waals surface area contributed by atoms with E-state index in [1.807, 2.05) is 0 Å². The zero-order chi connectivity index (χ0) is 11.4. The van der Waals surface area contributed by atoms with E-state index < -0.39 is 18.5 Å². The summed E-state index contributed by atoms with van der Waals surface area (Å²) in [6.07, 6.45) is 0. The number of carbonyl (C=O) groups is 2. The molecule has 80 valence electrons. The molecule has 6 nitrogen and oxygen atoms in total. The number of hydrogen-bond acceptors (Lipinski definition) is 5. The molecule has 0 unspecified atom stereocenters.